The number of para-hydroxylation sites is 1. The monoisotopic (exact) mass is 378 g/mol. The van der Waals surface area contributed by atoms with Crippen LogP contribution in [0.1, 0.15) is 17.3 Å². The van der Waals surface area contributed by atoms with Crippen LogP contribution in [0.4, 0.5) is 10.1 Å². The number of carbonyl (C=O) groups is 1. The Morgan fingerprint density at radius 1 is 1.23 bits per heavy atom. The van der Waals surface area contributed by atoms with Gasteiger partial charge in [-0.2, -0.15) is 0 Å². The average Bonchev–Trinajstić information content (AvgIpc) is 2.63. The van der Waals surface area contributed by atoms with E-state index >= 15 is 0 Å². The van der Waals surface area contributed by atoms with Crippen LogP contribution < -0.4 is 4.72 Å². The molecule has 0 spiro atoms. The lowest BCUT2D eigenvalue weighted by molar-refractivity contribution is -0.0124. The molecular formula is C18H19FN2O4S. The van der Waals surface area contributed by atoms with Crippen molar-refractivity contribution < 1.29 is 22.3 Å². The maximum absolute atomic E-state index is 13.7. The number of ether oxygens (including phenoxy) is 1. The van der Waals surface area contributed by atoms with E-state index in [9.17, 15) is 17.6 Å². The second-order valence-corrected chi connectivity index (χ2v) is 7.73. The minimum absolute atomic E-state index is 0.0673. The first-order valence-corrected chi connectivity index (χ1v) is 9.63. The zero-order valence-electron chi connectivity index (χ0n) is 14.2. The second kappa shape index (κ2) is 7.43. The van der Waals surface area contributed by atoms with Gasteiger partial charge in [-0.05, 0) is 37.3 Å². The fourth-order valence-corrected chi connectivity index (χ4v) is 3.84. The van der Waals surface area contributed by atoms with Crippen LogP contribution in [0.25, 0.3) is 0 Å². The first kappa shape index (κ1) is 18.3. The highest BCUT2D eigenvalue weighted by Crippen LogP contribution is 2.20. The van der Waals surface area contributed by atoms with E-state index in [-0.39, 0.29) is 28.2 Å². The van der Waals surface area contributed by atoms with E-state index in [0.717, 1.165) is 6.07 Å². The molecule has 1 fully saturated rings. The van der Waals surface area contributed by atoms with E-state index < -0.39 is 15.8 Å². The average molecular weight is 378 g/mol. The van der Waals surface area contributed by atoms with Crippen LogP contribution >= 0.6 is 0 Å². The highest BCUT2D eigenvalue weighted by molar-refractivity contribution is 7.92. The van der Waals surface area contributed by atoms with Crippen LogP contribution in [-0.2, 0) is 14.8 Å². The third kappa shape index (κ3) is 4.03. The topological polar surface area (TPSA) is 75.7 Å². The number of rotatable bonds is 4. The van der Waals surface area contributed by atoms with E-state index in [1.807, 2.05) is 6.92 Å². The van der Waals surface area contributed by atoms with Crippen LogP contribution in [-0.4, -0.2) is 45.0 Å². The molecule has 138 valence electrons. The van der Waals surface area contributed by atoms with Gasteiger partial charge in [0.1, 0.15) is 5.82 Å². The first-order chi connectivity index (χ1) is 12.4. The second-order valence-electron chi connectivity index (χ2n) is 6.05. The number of hydrogen-bond donors (Lipinski definition) is 1. The van der Waals surface area contributed by atoms with Gasteiger partial charge < -0.3 is 9.64 Å². The molecule has 1 heterocycles. The zero-order chi connectivity index (χ0) is 18.7. The number of hydrogen-bond acceptors (Lipinski definition) is 4. The molecule has 1 atom stereocenters. The summed E-state index contributed by atoms with van der Waals surface area (Å²) in [7, 11) is -4.02. The molecular weight excluding hydrogens is 359 g/mol. The molecule has 1 amide bonds. The van der Waals surface area contributed by atoms with Crippen molar-refractivity contribution in [3.05, 3.63) is 59.9 Å². The highest BCUT2D eigenvalue weighted by Gasteiger charge is 2.24. The van der Waals surface area contributed by atoms with Crippen LogP contribution in [0.15, 0.2) is 53.4 Å². The molecule has 3 rings (SSSR count). The normalized spacial score (nSPS) is 17.8. The first-order valence-electron chi connectivity index (χ1n) is 8.15. The molecule has 1 aliphatic heterocycles. The molecule has 0 aliphatic carbocycles. The molecule has 8 heteroatoms. The van der Waals surface area contributed by atoms with Gasteiger partial charge in [-0.25, -0.2) is 12.8 Å². The van der Waals surface area contributed by atoms with Crippen molar-refractivity contribution in [2.24, 2.45) is 0 Å². The molecule has 2 aromatic carbocycles. The summed E-state index contributed by atoms with van der Waals surface area (Å²) in [5.41, 5.74) is 0.113. The van der Waals surface area contributed by atoms with Gasteiger partial charge in [0.25, 0.3) is 15.9 Å². The third-order valence-corrected chi connectivity index (χ3v) is 5.40. The minimum Gasteiger partial charge on any atom is -0.375 e. The maximum atomic E-state index is 13.7. The molecule has 1 N–H and O–H groups in total. The van der Waals surface area contributed by atoms with Gasteiger partial charge in [-0.1, -0.05) is 18.2 Å². The van der Waals surface area contributed by atoms with E-state index in [2.05, 4.69) is 4.72 Å². The Hall–Kier alpha value is -2.45. The van der Waals surface area contributed by atoms with Crippen LogP contribution in [0.2, 0.25) is 0 Å². The molecule has 1 unspecified atom stereocenters. The van der Waals surface area contributed by atoms with Crippen molar-refractivity contribution in [3.63, 3.8) is 0 Å². The number of carbonyl (C=O) groups excluding carboxylic acids is 1. The standard InChI is InChI=1S/C18H19FN2O4S/c1-13-12-21(9-10-25-13)18(22)14-5-4-6-15(11-14)26(23,24)20-17-8-3-2-7-16(17)19/h2-8,11,13,20H,9-10,12H2,1H3. The van der Waals surface area contributed by atoms with E-state index in [4.69, 9.17) is 4.74 Å². The molecule has 1 saturated heterocycles. The third-order valence-electron chi connectivity index (χ3n) is 4.04. The molecule has 6 nitrogen and oxygen atoms in total. The summed E-state index contributed by atoms with van der Waals surface area (Å²) >= 11 is 0. The molecule has 0 saturated carbocycles. The van der Waals surface area contributed by atoms with Gasteiger partial charge >= 0.3 is 0 Å². The van der Waals surface area contributed by atoms with Gasteiger partial charge in [0.05, 0.1) is 23.3 Å². The Kier molecular flexibility index (Phi) is 5.24. The number of nitrogens with zero attached hydrogens (tertiary/aromatic N) is 1. The number of halogens is 1. The summed E-state index contributed by atoms with van der Waals surface area (Å²) < 4.78 is 46.4. The quantitative estimate of drug-likeness (QED) is 0.887. The molecule has 2 aromatic rings. The van der Waals surface area contributed by atoms with Crippen molar-refractivity contribution in [1.29, 1.82) is 0 Å². The molecule has 0 bridgehead atoms. The van der Waals surface area contributed by atoms with Gasteiger partial charge in [-0.15, -0.1) is 0 Å². The lowest BCUT2D eigenvalue weighted by Crippen LogP contribution is -2.44. The number of amides is 1. The van der Waals surface area contributed by atoms with Crippen molar-refractivity contribution in [1.82, 2.24) is 4.90 Å². The lowest BCUT2D eigenvalue weighted by Gasteiger charge is -2.31. The minimum atomic E-state index is -4.02. The van der Waals surface area contributed by atoms with E-state index in [1.165, 1.54) is 36.4 Å². The Labute approximate surface area is 151 Å². The summed E-state index contributed by atoms with van der Waals surface area (Å²) in [6.07, 6.45) is -0.0673. The Morgan fingerprint density at radius 2 is 2.00 bits per heavy atom. The smallest absolute Gasteiger partial charge is 0.262 e. The highest BCUT2D eigenvalue weighted by atomic mass is 32.2. The Balaban J connectivity index is 1.84. The van der Waals surface area contributed by atoms with Crippen LogP contribution in [0, 0.1) is 5.82 Å². The number of anilines is 1. The van der Waals surface area contributed by atoms with Gasteiger partial charge in [0.2, 0.25) is 0 Å². The van der Waals surface area contributed by atoms with Gasteiger partial charge in [-0.3, -0.25) is 9.52 Å². The predicted molar refractivity (Wildman–Crippen MR) is 95.0 cm³/mol. The Morgan fingerprint density at radius 3 is 2.73 bits per heavy atom. The van der Waals surface area contributed by atoms with E-state index in [0.29, 0.717) is 19.7 Å². The fraction of sp³-hybridized carbons (Fsp3) is 0.278. The van der Waals surface area contributed by atoms with Crippen molar-refractivity contribution in [2.75, 3.05) is 24.4 Å². The van der Waals surface area contributed by atoms with Crippen LogP contribution in [0.5, 0.6) is 0 Å². The molecule has 1 aliphatic rings. The summed E-state index contributed by atoms with van der Waals surface area (Å²) in [4.78, 5) is 14.2. The number of morpholine rings is 1. The van der Waals surface area contributed by atoms with Crippen molar-refractivity contribution in [2.45, 2.75) is 17.9 Å². The zero-order valence-corrected chi connectivity index (χ0v) is 15.0. The van der Waals surface area contributed by atoms with Gasteiger partial charge in [0, 0.05) is 18.7 Å². The molecule has 26 heavy (non-hydrogen) atoms. The van der Waals surface area contributed by atoms with Crippen molar-refractivity contribution in [3.8, 4) is 0 Å². The number of nitrogens with one attached hydrogen (secondary N) is 1. The van der Waals surface area contributed by atoms with Gasteiger partial charge in [0.15, 0.2) is 0 Å². The molecule has 0 aromatic heterocycles. The summed E-state index contributed by atoms with van der Waals surface area (Å²) in [6.45, 7) is 3.22. The summed E-state index contributed by atoms with van der Waals surface area (Å²) in [5, 5.41) is 0. The Bertz CT molecular complexity index is 917. The largest absolute Gasteiger partial charge is 0.375 e. The maximum Gasteiger partial charge on any atom is 0.262 e. The SMILES string of the molecule is CC1CN(C(=O)c2cccc(S(=O)(=O)Nc3ccccc3F)c2)CCO1. The lowest BCUT2D eigenvalue weighted by atomic mass is 10.2. The van der Waals surface area contributed by atoms with Crippen LogP contribution in [0.3, 0.4) is 0 Å². The van der Waals surface area contributed by atoms with Crippen molar-refractivity contribution >= 4 is 21.6 Å². The number of sulfonamides is 1. The summed E-state index contributed by atoms with van der Waals surface area (Å²) in [6, 6.07) is 11.2. The fourth-order valence-electron chi connectivity index (χ4n) is 2.73. The predicted octanol–water partition coefficient (Wildman–Crippen LogP) is 2.49. The van der Waals surface area contributed by atoms with E-state index in [1.54, 1.807) is 11.0 Å². The molecule has 0 radical (unpaired) electrons. The number of benzene rings is 2. The summed E-state index contributed by atoms with van der Waals surface area (Å²) in [5.74, 6) is -0.936.